The number of carbonyl (C=O) groups excluding carboxylic acids is 1. The van der Waals surface area contributed by atoms with Crippen molar-refractivity contribution in [3.8, 4) is 0 Å². The van der Waals surface area contributed by atoms with Crippen LogP contribution in [0.2, 0.25) is 0 Å². The van der Waals surface area contributed by atoms with Gasteiger partial charge >= 0.3 is 0 Å². The molecule has 25 heavy (non-hydrogen) atoms. The fraction of sp³-hybridized carbons (Fsp3) is 0.158. The van der Waals surface area contributed by atoms with E-state index in [0.717, 1.165) is 15.6 Å². The van der Waals surface area contributed by atoms with E-state index in [-0.39, 0.29) is 10.7 Å². The Balaban J connectivity index is 1.98. The molecule has 1 heterocycles. The Morgan fingerprint density at radius 2 is 1.84 bits per heavy atom. The summed E-state index contributed by atoms with van der Waals surface area (Å²) in [6, 6.07) is 13.5. The van der Waals surface area contributed by atoms with Crippen LogP contribution < -0.4 is 0 Å². The van der Waals surface area contributed by atoms with Crippen molar-refractivity contribution in [2.24, 2.45) is 4.99 Å². The van der Waals surface area contributed by atoms with Crippen LogP contribution in [0.25, 0.3) is 5.70 Å². The third kappa shape index (κ3) is 2.36. The van der Waals surface area contributed by atoms with Crippen LogP contribution in [0.1, 0.15) is 34.3 Å². The largest absolute Gasteiger partial charge is 0.289 e. The molecule has 2 aromatic rings. The van der Waals surface area contributed by atoms with Crippen molar-refractivity contribution >= 4 is 33.1 Å². The predicted molar refractivity (Wildman–Crippen MR) is 98.5 cm³/mol. The van der Waals surface area contributed by atoms with Gasteiger partial charge in [0.2, 0.25) is 0 Å². The van der Waals surface area contributed by atoms with Gasteiger partial charge in [0.25, 0.3) is 6.04 Å². The highest BCUT2D eigenvalue weighted by Crippen LogP contribution is 2.46. The summed E-state index contributed by atoms with van der Waals surface area (Å²) in [5.74, 6) is -0.821. The zero-order valence-electron chi connectivity index (χ0n) is 13.3. The Bertz CT molecular complexity index is 994. The Hall–Kier alpha value is -2.60. The normalized spacial score (nSPS) is 21.7. The van der Waals surface area contributed by atoms with Gasteiger partial charge in [0.05, 0.1) is 17.3 Å². The summed E-state index contributed by atoms with van der Waals surface area (Å²) in [4.78, 5) is 28.9. The maximum Gasteiger partial charge on any atom is 0.261 e. The van der Waals surface area contributed by atoms with E-state index in [4.69, 9.17) is 0 Å². The molecule has 0 saturated carbocycles. The van der Waals surface area contributed by atoms with Crippen LogP contribution in [0.5, 0.6) is 0 Å². The van der Waals surface area contributed by atoms with Gasteiger partial charge in [-0.3, -0.25) is 14.9 Å². The molecule has 1 unspecified atom stereocenters. The minimum atomic E-state index is -1.05. The first kappa shape index (κ1) is 15.9. The van der Waals surface area contributed by atoms with Crippen molar-refractivity contribution < 1.29 is 9.72 Å². The molecule has 5 nitrogen and oxygen atoms in total. The monoisotopic (exact) mass is 396 g/mol. The summed E-state index contributed by atoms with van der Waals surface area (Å²) in [6.07, 6.45) is 0. The van der Waals surface area contributed by atoms with E-state index in [9.17, 15) is 14.9 Å². The van der Waals surface area contributed by atoms with E-state index < -0.39 is 12.0 Å². The van der Waals surface area contributed by atoms with E-state index in [1.807, 2.05) is 36.4 Å². The third-order valence-corrected chi connectivity index (χ3v) is 5.20. The van der Waals surface area contributed by atoms with Crippen molar-refractivity contribution in [2.75, 3.05) is 0 Å². The minimum Gasteiger partial charge on any atom is -0.289 e. The SMILES string of the molecule is CC1=NC2=C(C(=O)c3ccccc32)[C@H](c2cccc(Br)c2)C1[N+](=O)[O-]. The second kappa shape index (κ2) is 5.74. The Morgan fingerprint density at radius 3 is 2.52 bits per heavy atom. The molecule has 124 valence electrons. The topological polar surface area (TPSA) is 72.6 Å². The molecule has 0 aromatic heterocycles. The van der Waals surface area contributed by atoms with Crippen LogP contribution in [-0.2, 0) is 0 Å². The average Bonchev–Trinajstić information content (AvgIpc) is 2.86. The Labute approximate surface area is 152 Å². The summed E-state index contributed by atoms with van der Waals surface area (Å²) >= 11 is 3.42. The van der Waals surface area contributed by atoms with Crippen LogP contribution in [0.3, 0.4) is 0 Å². The lowest BCUT2D eigenvalue weighted by atomic mass is 9.80. The molecule has 0 fully saturated rings. The second-order valence-corrected chi connectivity index (χ2v) is 7.07. The lowest BCUT2D eigenvalue weighted by Gasteiger charge is -2.26. The van der Waals surface area contributed by atoms with Gasteiger partial charge in [0.1, 0.15) is 0 Å². The van der Waals surface area contributed by atoms with Gasteiger partial charge in [-0.15, -0.1) is 0 Å². The van der Waals surface area contributed by atoms with Gasteiger partial charge in [-0.2, -0.15) is 0 Å². The standard InChI is InChI=1S/C19H13BrN2O3/c1-10-18(22(24)25)15(11-5-4-6-12(20)9-11)16-17(21-10)13-7-2-3-8-14(13)19(16)23/h2-9,15,18H,1H3/t15-,18?/m0/s1. The molecule has 2 aliphatic rings. The van der Waals surface area contributed by atoms with Gasteiger partial charge in [0, 0.05) is 26.1 Å². The minimum absolute atomic E-state index is 0.168. The number of nitro groups is 1. The second-order valence-electron chi connectivity index (χ2n) is 6.15. The lowest BCUT2D eigenvalue weighted by Crippen LogP contribution is -2.38. The van der Waals surface area contributed by atoms with Crippen LogP contribution in [0.15, 0.2) is 63.6 Å². The number of halogens is 1. The average molecular weight is 397 g/mol. The molecular formula is C19H13BrN2O3. The maximum absolute atomic E-state index is 13.0. The smallest absolute Gasteiger partial charge is 0.261 e. The molecule has 4 rings (SSSR count). The molecule has 0 radical (unpaired) electrons. The van der Waals surface area contributed by atoms with Gasteiger partial charge in [-0.05, 0) is 24.6 Å². The number of fused-ring (bicyclic) bond motifs is 2. The van der Waals surface area contributed by atoms with Gasteiger partial charge < -0.3 is 0 Å². The van der Waals surface area contributed by atoms with E-state index in [2.05, 4.69) is 20.9 Å². The summed E-state index contributed by atoms with van der Waals surface area (Å²) in [6.45, 7) is 1.66. The Kier molecular flexibility index (Phi) is 3.65. The van der Waals surface area contributed by atoms with Crippen LogP contribution in [0, 0.1) is 10.1 Å². The predicted octanol–water partition coefficient (Wildman–Crippen LogP) is 4.26. The zero-order chi connectivity index (χ0) is 17.7. The third-order valence-electron chi connectivity index (χ3n) is 4.70. The Morgan fingerprint density at radius 1 is 1.12 bits per heavy atom. The van der Waals surface area contributed by atoms with Crippen LogP contribution in [0.4, 0.5) is 0 Å². The fourth-order valence-electron chi connectivity index (χ4n) is 3.66. The first-order chi connectivity index (χ1) is 12.0. The molecule has 0 amide bonds. The molecule has 2 atom stereocenters. The maximum atomic E-state index is 13.0. The molecule has 0 spiro atoms. The van der Waals surface area contributed by atoms with Gasteiger partial charge in [-0.1, -0.05) is 52.3 Å². The number of rotatable bonds is 2. The number of aliphatic imine (C=N–C) groups is 1. The highest BCUT2D eigenvalue weighted by atomic mass is 79.9. The number of benzene rings is 2. The molecule has 1 aliphatic carbocycles. The summed E-state index contributed by atoms with van der Waals surface area (Å²) < 4.78 is 0.817. The lowest BCUT2D eigenvalue weighted by molar-refractivity contribution is -0.505. The quantitative estimate of drug-likeness (QED) is 0.562. The van der Waals surface area contributed by atoms with Gasteiger partial charge in [-0.25, -0.2) is 4.99 Å². The molecule has 6 heteroatoms. The number of ketones is 1. The summed E-state index contributed by atoms with van der Waals surface area (Å²) in [5, 5.41) is 11.8. The first-order valence-electron chi connectivity index (χ1n) is 7.81. The van der Waals surface area contributed by atoms with Crippen molar-refractivity contribution in [3.63, 3.8) is 0 Å². The number of hydrogen-bond donors (Lipinski definition) is 0. The van der Waals surface area contributed by atoms with E-state index in [0.29, 0.717) is 22.5 Å². The first-order valence-corrected chi connectivity index (χ1v) is 8.60. The van der Waals surface area contributed by atoms with Crippen molar-refractivity contribution in [3.05, 3.63) is 85.4 Å². The van der Waals surface area contributed by atoms with Crippen molar-refractivity contribution in [1.82, 2.24) is 0 Å². The van der Waals surface area contributed by atoms with E-state index in [1.54, 1.807) is 19.1 Å². The summed E-state index contributed by atoms with van der Waals surface area (Å²) in [7, 11) is 0. The van der Waals surface area contributed by atoms with E-state index in [1.165, 1.54) is 0 Å². The van der Waals surface area contributed by atoms with Crippen molar-refractivity contribution in [2.45, 2.75) is 18.9 Å². The van der Waals surface area contributed by atoms with Crippen molar-refractivity contribution in [1.29, 1.82) is 0 Å². The number of hydrogen-bond acceptors (Lipinski definition) is 4. The summed E-state index contributed by atoms with van der Waals surface area (Å²) in [5.41, 5.74) is 3.46. The van der Waals surface area contributed by atoms with Gasteiger partial charge in [0.15, 0.2) is 5.78 Å². The van der Waals surface area contributed by atoms with Crippen LogP contribution in [-0.4, -0.2) is 22.5 Å². The zero-order valence-corrected chi connectivity index (χ0v) is 14.9. The molecular weight excluding hydrogens is 384 g/mol. The molecule has 0 saturated heterocycles. The molecule has 0 N–H and O–H groups in total. The highest BCUT2D eigenvalue weighted by molar-refractivity contribution is 9.10. The molecule has 1 aliphatic heterocycles. The number of nitrogens with zero attached hydrogens (tertiary/aromatic N) is 2. The number of carbonyl (C=O) groups is 1. The van der Waals surface area contributed by atoms with Crippen LogP contribution >= 0.6 is 15.9 Å². The number of Topliss-reactive ketones (excluding diaryl/α,β-unsaturated/α-hetero) is 1. The molecule has 2 aromatic carbocycles. The molecule has 0 bridgehead atoms. The highest BCUT2D eigenvalue weighted by Gasteiger charge is 2.48. The fourth-order valence-corrected chi connectivity index (χ4v) is 4.08. The van der Waals surface area contributed by atoms with E-state index >= 15 is 0 Å².